The number of rotatable bonds is 7. The van der Waals surface area contributed by atoms with E-state index in [9.17, 15) is 0 Å². The zero-order valence-electron chi connectivity index (χ0n) is 8.32. The molecule has 0 heterocycles. The molecule has 1 heteroatoms. The van der Waals surface area contributed by atoms with Gasteiger partial charge in [0.15, 0.2) is 0 Å². The molecule has 0 aliphatic carbocycles. The van der Waals surface area contributed by atoms with Crippen LogP contribution in [-0.2, 0) is 0 Å². The Morgan fingerprint density at radius 3 is 2.18 bits per heavy atom. The smallest absolute Gasteiger partial charge is 0.00668 e. The van der Waals surface area contributed by atoms with Gasteiger partial charge in [-0.15, -0.1) is 0 Å². The highest BCUT2D eigenvalue weighted by Crippen LogP contribution is 2.05. The summed E-state index contributed by atoms with van der Waals surface area (Å²) in [6, 6.07) is 0.782. The molecule has 0 amide bonds. The first-order valence-electron chi connectivity index (χ1n) is 5.08. The highest BCUT2D eigenvalue weighted by molar-refractivity contribution is 4.64. The van der Waals surface area contributed by atoms with Crippen molar-refractivity contribution in [3.8, 4) is 0 Å². The van der Waals surface area contributed by atoms with Crippen LogP contribution in [0.2, 0.25) is 0 Å². The second-order valence-corrected chi connectivity index (χ2v) is 3.19. The van der Waals surface area contributed by atoms with Crippen LogP contribution < -0.4 is 5.32 Å². The first-order chi connectivity index (χ1) is 5.35. The number of hydrogen-bond donors (Lipinski definition) is 1. The van der Waals surface area contributed by atoms with Crippen LogP contribution in [0.5, 0.6) is 0 Å². The Balaban J connectivity index is 3.34. The number of nitrogens with one attached hydrogen (secondary N) is 1. The number of hydrogen-bond acceptors (Lipinski definition) is 1. The third kappa shape index (κ3) is 6.36. The van der Waals surface area contributed by atoms with Gasteiger partial charge in [-0.2, -0.15) is 0 Å². The Bertz CT molecular complexity index is 65.3. The highest BCUT2D eigenvalue weighted by Gasteiger charge is 2.03. The van der Waals surface area contributed by atoms with Gasteiger partial charge in [0.1, 0.15) is 0 Å². The van der Waals surface area contributed by atoms with Crippen molar-refractivity contribution in [1.82, 2.24) is 5.32 Å². The zero-order chi connectivity index (χ0) is 8.53. The molecule has 0 bridgehead atoms. The van der Waals surface area contributed by atoms with Crippen LogP contribution in [0.4, 0.5) is 0 Å². The maximum atomic E-state index is 3.52. The Morgan fingerprint density at radius 1 is 1.00 bits per heavy atom. The minimum absolute atomic E-state index is 0.782. The third-order valence-corrected chi connectivity index (χ3v) is 2.04. The van der Waals surface area contributed by atoms with Gasteiger partial charge < -0.3 is 5.32 Å². The first-order valence-corrected chi connectivity index (χ1v) is 5.08. The molecular formula is C10H23N. The predicted octanol–water partition coefficient (Wildman–Crippen LogP) is 2.95. The van der Waals surface area contributed by atoms with E-state index in [-0.39, 0.29) is 0 Å². The van der Waals surface area contributed by atoms with E-state index in [1.54, 1.807) is 0 Å². The van der Waals surface area contributed by atoms with Crippen molar-refractivity contribution in [3.05, 3.63) is 0 Å². The highest BCUT2D eigenvalue weighted by atomic mass is 14.9. The molecule has 0 saturated carbocycles. The fraction of sp³-hybridized carbons (Fsp3) is 1.00. The van der Waals surface area contributed by atoms with Gasteiger partial charge in [0.25, 0.3) is 0 Å². The maximum Gasteiger partial charge on any atom is 0.00668 e. The lowest BCUT2D eigenvalue weighted by atomic mass is 10.1. The average Bonchev–Trinajstić information content (AvgIpc) is 2.01. The molecule has 0 rings (SSSR count). The summed E-state index contributed by atoms with van der Waals surface area (Å²) < 4.78 is 0. The predicted molar refractivity (Wildman–Crippen MR) is 51.9 cm³/mol. The minimum Gasteiger partial charge on any atom is -0.314 e. The van der Waals surface area contributed by atoms with Crippen molar-refractivity contribution in [3.63, 3.8) is 0 Å². The largest absolute Gasteiger partial charge is 0.314 e. The van der Waals surface area contributed by atoms with Crippen LogP contribution in [0.15, 0.2) is 0 Å². The minimum atomic E-state index is 0.782. The zero-order valence-corrected chi connectivity index (χ0v) is 8.32. The Kier molecular flexibility index (Phi) is 8.03. The van der Waals surface area contributed by atoms with Crippen molar-refractivity contribution in [2.24, 2.45) is 0 Å². The van der Waals surface area contributed by atoms with Gasteiger partial charge in [0.05, 0.1) is 0 Å². The van der Waals surface area contributed by atoms with E-state index >= 15 is 0 Å². The summed E-state index contributed by atoms with van der Waals surface area (Å²) in [7, 11) is 0. The van der Waals surface area contributed by atoms with Crippen molar-refractivity contribution in [2.75, 3.05) is 6.54 Å². The van der Waals surface area contributed by atoms with Gasteiger partial charge in [-0.3, -0.25) is 0 Å². The summed E-state index contributed by atoms with van der Waals surface area (Å²) in [5.74, 6) is 0. The SMILES string of the molecule is CCCC[C@H](CCC)NCC. The van der Waals surface area contributed by atoms with Gasteiger partial charge in [-0.25, -0.2) is 0 Å². The molecule has 0 aromatic rings. The molecule has 0 fully saturated rings. The van der Waals surface area contributed by atoms with Crippen molar-refractivity contribution in [1.29, 1.82) is 0 Å². The molecule has 0 spiro atoms. The maximum absolute atomic E-state index is 3.52. The summed E-state index contributed by atoms with van der Waals surface area (Å²) in [4.78, 5) is 0. The fourth-order valence-corrected chi connectivity index (χ4v) is 1.44. The molecule has 0 unspecified atom stereocenters. The second kappa shape index (κ2) is 8.06. The van der Waals surface area contributed by atoms with E-state index in [2.05, 4.69) is 26.1 Å². The van der Waals surface area contributed by atoms with Gasteiger partial charge in [-0.1, -0.05) is 40.0 Å². The van der Waals surface area contributed by atoms with Crippen LogP contribution >= 0.6 is 0 Å². The van der Waals surface area contributed by atoms with E-state index in [0.717, 1.165) is 12.6 Å². The quantitative estimate of drug-likeness (QED) is 0.599. The van der Waals surface area contributed by atoms with Crippen LogP contribution in [0.3, 0.4) is 0 Å². The van der Waals surface area contributed by atoms with E-state index in [1.165, 1.54) is 32.1 Å². The summed E-state index contributed by atoms with van der Waals surface area (Å²) in [6.07, 6.45) is 6.71. The van der Waals surface area contributed by atoms with Gasteiger partial charge in [-0.05, 0) is 19.4 Å². The van der Waals surface area contributed by atoms with Gasteiger partial charge in [0.2, 0.25) is 0 Å². The second-order valence-electron chi connectivity index (χ2n) is 3.19. The fourth-order valence-electron chi connectivity index (χ4n) is 1.44. The van der Waals surface area contributed by atoms with Crippen LogP contribution in [0.25, 0.3) is 0 Å². The van der Waals surface area contributed by atoms with E-state index in [1.807, 2.05) is 0 Å². The molecule has 0 saturated heterocycles. The van der Waals surface area contributed by atoms with Crippen molar-refractivity contribution < 1.29 is 0 Å². The van der Waals surface area contributed by atoms with E-state index in [0.29, 0.717) is 0 Å². The lowest BCUT2D eigenvalue weighted by Crippen LogP contribution is -2.28. The molecule has 68 valence electrons. The number of unbranched alkanes of at least 4 members (excludes halogenated alkanes) is 1. The topological polar surface area (TPSA) is 12.0 Å². The van der Waals surface area contributed by atoms with E-state index in [4.69, 9.17) is 0 Å². The molecule has 11 heavy (non-hydrogen) atoms. The molecular weight excluding hydrogens is 134 g/mol. The molecule has 0 aromatic carbocycles. The standard InChI is InChI=1S/C10H23N/c1-4-7-9-10(8-5-2)11-6-3/h10-11H,4-9H2,1-3H3/t10-/m0/s1. The van der Waals surface area contributed by atoms with Crippen LogP contribution in [-0.4, -0.2) is 12.6 Å². The van der Waals surface area contributed by atoms with Crippen LogP contribution in [0, 0.1) is 0 Å². The summed E-state index contributed by atoms with van der Waals surface area (Å²) >= 11 is 0. The lowest BCUT2D eigenvalue weighted by Gasteiger charge is -2.15. The molecule has 0 aliphatic heterocycles. The molecule has 0 radical (unpaired) electrons. The van der Waals surface area contributed by atoms with Gasteiger partial charge >= 0.3 is 0 Å². The summed E-state index contributed by atoms with van der Waals surface area (Å²) in [6.45, 7) is 7.83. The van der Waals surface area contributed by atoms with Crippen molar-refractivity contribution in [2.45, 2.75) is 58.9 Å². The molecule has 1 atom stereocenters. The molecule has 1 N–H and O–H groups in total. The van der Waals surface area contributed by atoms with E-state index < -0.39 is 0 Å². The lowest BCUT2D eigenvalue weighted by molar-refractivity contribution is 0.445. The first kappa shape index (κ1) is 11.0. The van der Waals surface area contributed by atoms with Crippen LogP contribution in [0.1, 0.15) is 52.9 Å². The molecule has 0 aromatic heterocycles. The van der Waals surface area contributed by atoms with Crippen molar-refractivity contribution >= 4 is 0 Å². The Labute approximate surface area is 71.6 Å². The molecule has 1 nitrogen and oxygen atoms in total. The average molecular weight is 157 g/mol. The third-order valence-electron chi connectivity index (χ3n) is 2.04. The van der Waals surface area contributed by atoms with Gasteiger partial charge in [0, 0.05) is 6.04 Å². The Morgan fingerprint density at radius 2 is 1.73 bits per heavy atom. The summed E-state index contributed by atoms with van der Waals surface area (Å²) in [5.41, 5.74) is 0. The summed E-state index contributed by atoms with van der Waals surface area (Å²) in [5, 5.41) is 3.52. The monoisotopic (exact) mass is 157 g/mol. The normalized spacial score (nSPS) is 13.4. The Hall–Kier alpha value is -0.0400. The molecule has 0 aliphatic rings.